The minimum Gasteiger partial charge on any atom is -0.480 e. The smallest absolute Gasteiger partial charge is 0.326 e. The van der Waals surface area contributed by atoms with Gasteiger partial charge in [-0.05, 0) is 12.0 Å². The number of aliphatic hydroxyl groups is 1. The lowest BCUT2D eigenvalue weighted by Gasteiger charge is -2.15. The van der Waals surface area contributed by atoms with E-state index in [0.717, 1.165) is 0 Å². The molecule has 0 aliphatic rings. The minimum absolute atomic E-state index is 0.266. The summed E-state index contributed by atoms with van der Waals surface area (Å²) in [5, 5.41) is 20.8. The van der Waals surface area contributed by atoms with Gasteiger partial charge in [-0.2, -0.15) is 0 Å². The number of rotatable bonds is 5. The van der Waals surface area contributed by atoms with E-state index in [-0.39, 0.29) is 6.42 Å². The average Bonchev–Trinajstić information content (AvgIpc) is 2.35. The predicted octanol–water partition coefficient (Wildman–Crippen LogP) is 0.699. The van der Waals surface area contributed by atoms with Crippen molar-refractivity contribution in [3.8, 4) is 0 Å². The Morgan fingerprint density at radius 1 is 1.29 bits per heavy atom. The standard InChI is InChI=1S/C12H15NO4/c1-2-9(12(16)17)13-11(15)10(14)8-6-4-3-5-7-8/h3-7,9-10,14H,2H2,1H3,(H,13,15)(H,16,17)/t9-,10?/m1/s1. The minimum atomic E-state index is -1.34. The molecule has 1 unspecified atom stereocenters. The fourth-order valence-electron chi connectivity index (χ4n) is 1.38. The molecule has 0 heterocycles. The molecule has 1 amide bonds. The quantitative estimate of drug-likeness (QED) is 0.703. The Balaban J connectivity index is 2.68. The van der Waals surface area contributed by atoms with Crippen LogP contribution in [0.1, 0.15) is 25.0 Å². The first-order valence-electron chi connectivity index (χ1n) is 5.32. The van der Waals surface area contributed by atoms with Gasteiger partial charge in [0.05, 0.1) is 0 Å². The van der Waals surface area contributed by atoms with E-state index in [1.807, 2.05) is 0 Å². The maximum atomic E-state index is 11.6. The third-order valence-corrected chi connectivity index (χ3v) is 2.39. The second-order valence-corrected chi connectivity index (χ2v) is 3.62. The molecule has 0 aromatic heterocycles. The monoisotopic (exact) mass is 237 g/mol. The number of carbonyl (C=O) groups is 2. The summed E-state index contributed by atoms with van der Waals surface area (Å²) in [5.41, 5.74) is 0.435. The van der Waals surface area contributed by atoms with Gasteiger partial charge in [0.2, 0.25) is 0 Å². The number of aliphatic hydroxyl groups excluding tert-OH is 1. The largest absolute Gasteiger partial charge is 0.480 e. The van der Waals surface area contributed by atoms with Crippen molar-refractivity contribution in [3.63, 3.8) is 0 Å². The summed E-state index contributed by atoms with van der Waals surface area (Å²) in [6.07, 6.45) is -1.08. The number of nitrogens with one attached hydrogen (secondary N) is 1. The molecule has 0 spiro atoms. The lowest BCUT2D eigenvalue weighted by molar-refractivity contribution is -0.143. The Labute approximate surface area is 99.1 Å². The van der Waals surface area contributed by atoms with Gasteiger partial charge < -0.3 is 15.5 Å². The van der Waals surface area contributed by atoms with E-state index >= 15 is 0 Å². The SMILES string of the molecule is CC[C@@H](NC(=O)C(O)c1ccccc1)C(=O)O. The van der Waals surface area contributed by atoms with Crippen LogP contribution in [0.5, 0.6) is 0 Å². The van der Waals surface area contributed by atoms with Crippen molar-refractivity contribution in [1.82, 2.24) is 5.32 Å². The summed E-state index contributed by atoms with van der Waals surface area (Å²) >= 11 is 0. The third-order valence-electron chi connectivity index (χ3n) is 2.39. The molecule has 92 valence electrons. The summed E-state index contributed by atoms with van der Waals surface area (Å²) in [6, 6.07) is 7.39. The van der Waals surface area contributed by atoms with Crippen LogP contribution in [0.4, 0.5) is 0 Å². The van der Waals surface area contributed by atoms with Crippen molar-refractivity contribution in [1.29, 1.82) is 0 Å². The van der Waals surface area contributed by atoms with Gasteiger partial charge in [-0.15, -0.1) is 0 Å². The first-order chi connectivity index (χ1) is 8.06. The third kappa shape index (κ3) is 3.57. The number of benzene rings is 1. The van der Waals surface area contributed by atoms with Gasteiger partial charge in [-0.3, -0.25) is 4.79 Å². The zero-order valence-corrected chi connectivity index (χ0v) is 9.46. The molecule has 1 aromatic rings. The number of hydrogen-bond acceptors (Lipinski definition) is 3. The van der Waals surface area contributed by atoms with Crippen LogP contribution in [0.15, 0.2) is 30.3 Å². The van der Waals surface area contributed by atoms with Crippen LogP contribution in [0.25, 0.3) is 0 Å². The zero-order chi connectivity index (χ0) is 12.8. The Bertz CT molecular complexity index is 391. The molecule has 0 aliphatic heterocycles. The first-order valence-corrected chi connectivity index (χ1v) is 5.32. The maximum absolute atomic E-state index is 11.6. The molecule has 0 saturated carbocycles. The number of carboxylic acid groups (broad SMARTS) is 1. The van der Waals surface area contributed by atoms with E-state index in [1.165, 1.54) is 0 Å². The summed E-state index contributed by atoms with van der Waals surface area (Å²) in [4.78, 5) is 22.3. The highest BCUT2D eigenvalue weighted by atomic mass is 16.4. The van der Waals surface area contributed by atoms with E-state index < -0.39 is 24.0 Å². The normalized spacial score (nSPS) is 13.8. The molecule has 0 aliphatic carbocycles. The van der Waals surface area contributed by atoms with Gasteiger partial charge in [0.25, 0.3) is 5.91 Å². The van der Waals surface area contributed by atoms with E-state index in [0.29, 0.717) is 5.56 Å². The highest BCUT2D eigenvalue weighted by Crippen LogP contribution is 2.12. The highest BCUT2D eigenvalue weighted by molar-refractivity contribution is 5.86. The second-order valence-electron chi connectivity index (χ2n) is 3.62. The van der Waals surface area contributed by atoms with Crippen molar-refractivity contribution in [2.45, 2.75) is 25.5 Å². The van der Waals surface area contributed by atoms with E-state index in [2.05, 4.69) is 5.32 Å². The Kier molecular flexibility index (Phi) is 4.66. The first kappa shape index (κ1) is 13.2. The van der Waals surface area contributed by atoms with Gasteiger partial charge in [0.1, 0.15) is 6.04 Å². The average molecular weight is 237 g/mol. The Hall–Kier alpha value is -1.88. The van der Waals surface area contributed by atoms with Crippen molar-refractivity contribution < 1.29 is 19.8 Å². The molecule has 2 atom stereocenters. The molecule has 0 fully saturated rings. The van der Waals surface area contributed by atoms with Crippen LogP contribution in [0.2, 0.25) is 0 Å². The molecule has 0 bridgehead atoms. The van der Waals surface area contributed by atoms with Crippen LogP contribution in [0.3, 0.4) is 0 Å². The molecule has 5 heteroatoms. The lowest BCUT2D eigenvalue weighted by atomic mass is 10.1. The number of aliphatic carboxylic acids is 1. The van der Waals surface area contributed by atoms with Crippen molar-refractivity contribution in [2.24, 2.45) is 0 Å². The molecule has 17 heavy (non-hydrogen) atoms. The maximum Gasteiger partial charge on any atom is 0.326 e. The van der Waals surface area contributed by atoms with Gasteiger partial charge in [0.15, 0.2) is 6.10 Å². The molecule has 1 rings (SSSR count). The molecular formula is C12H15NO4. The Morgan fingerprint density at radius 2 is 1.88 bits per heavy atom. The number of carboxylic acids is 1. The van der Waals surface area contributed by atoms with Crippen molar-refractivity contribution in [2.75, 3.05) is 0 Å². The zero-order valence-electron chi connectivity index (χ0n) is 9.46. The molecule has 1 aromatic carbocycles. The second kappa shape index (κ2) is 6.00. The van der Waals surface area contributed by atoms with Gasteiger partial charge in [-0.25, -0.2) is 4.79 Å². The van der Waals surface area contributed by atoms with Crippen molar-refractivity contribution in [3.05, 3.63) is 35.9 Å². The van der Waals surface area contributed by atoms with Gasteiger partial charge in [-0.1, -0.05) is 37.3 Å². The van der Waals surface area contributed by atoms with Crippen LogP contribution in [-0.2, 0) is 9.59 Å². The molecule has 5 nitrogen and oxygen atoms in total. The fraction of sp³-hybridized carbons (Fsp3) is 0.333. The molecule has 0 radical (unpaired) electrons. The number of amides is 1. The van der Waals surface area contributed by atoms with Gasteiger partial charge >= 0.3 is 5.97 Å². The number of carbonyl (C=O) groups excluding carboxylic acids is 1. The highest BCUT2D eigenvalue weighted by Gasteiger charge is 2.23. The van der Waals surface area contributed by atoms with Crippen LogP contribution in [-0.4, -0.2) is 28.1 Å². The lowest BCUT2D eigenvalue weighted by Crippen LogP contribution is -2.42. The molecule has 0 saturated heterocycles. The molecule has 3 N–H and O–H groups in total. The van der Waals surface area contributed by atoms with E-state index in [4.69, 9.17) is 5.11 Å². The summed E-state index contributed by atoms with van der Waals surface area (Å²) in [7, 11) is 0. The topological polar surface area (TPSA) is 86.6 Å². The molecular weight excluding hydrogens is 222 g/mol. The van der Waals surface area contributed by atoms with Crippen LogP contribution >= 0.6 is 0 Å². The fourth-order valence-corrected chi connectivity index (χ4v) is 1.38. The summed E-state index contributed by atoms with van der Waals surface area (Å²) in [6.45, 7) is 1.65. The van der Waals surface area contributed by atoms with Gasteiger partial charge in [0, 0.05) is 0 Å². The van der Waals surface area contributed by atoms with E-state index in [1.54, 1.807) is 37.3 Å². The van der Waals surface area contributed by atoms with Crippen molar-refractivity contribution >= 4 is 11.9 Å². The number of hydrogen-bond donors (Lipinski definition) is 3. The summed E-state index contributed by atoms with van der Waals surface area (Å²) < 4.78 is 0. The van der Waals surface area contributed by atoms with Crippen LogP contribution in [0, 0.1) is 0 Å². The van der Waals surface area contributed by atoms with E-state index in [9.17, 15) is 14.7 Å². The Morgan fingerprint density at radius 3 is 2.35 bits per heavy atom. The summed E-state index contributed by atoms with van der Waals surface area (Å²) in [5.74, 6) is -1.81. The van der Waals surface area contributed by atoms with Crippen LogP contribution < -0.4 is 5.32 Å². The predicted molar refractivity (Wildman–Crippen MR) is 61.3 cm³/mol.